The molecule has 9 heteroatoms. The zero-order chi connectivity index (χ0) is 24.8. The van der Waals surface area contributed by atoms with E-state index in [1.807, 2.05) is 38.1 Å². The van der Waals surface area contributed by atoms with Crippen LogP contribution in [-0.2, 0) is 6.42 Å². The molecule has 0 fully saturated rings. The number of amidine groups is 1. The predicted octanol–water partition coefficient (Wildman–Crippen LogP) is 4.99. The van der Waals surface area contributed by atoms with E-state index in [1.165, 1.54) is 6.07 Å². The van der Waals surface area contributed by atoms with Gasteiger partial charge in [-0.1, -0.05) is 12.1 Å². The molecule has 0 saturated carbocycles. The second-order valence-corrected chi connectivity index (χ2v) is 7.99. The number of rotatable bonds is 8. The van der Waals surface area contributed by atoms with Gasteiger partial charge in [-0.2, -0.15) is 5.10 Å². The highest BCUT2D eigenvalue weighted by atomic mass is 19.1. The fraction of sp³-hybridized carbons (Fsp3) is 0.154. The van der Waals surface area contributed by atoms with Gasteiger partial charge in [0, 0.05) is 30.6 Å². The molecule has 0 spiro atoms. The van der Waals surface area contributed by atoms with Gasteiger partial charge in [0.05, 0.1) is 11.4 Å². The van der Waals surface area contributed by atoms with E-state index >= 15 is 0 Å². The number of hydrogen-bond acceptors (Lipinski definition) is 7. The van der Waals surface area contributed by atoms with E-state index in [0.717, 1.165) is 16.8 Å². The normalized spacial score (nSPS) is 11.3. The number of aromatic nitrogens is 3. The Hall–Kier alpha value is -4.53. The number of hydrogen-bond donors (Lipinski definition) is 3. The zero-order valence-electron chi connectivity index (χ0n) is 19.5. The average Bonchev–Trinajstić information content (AvgIpc) is 2.87. The summed E-state index contributed by atoms with van der Waals surface area (Å²) in [6.07, 6.45) is 4.36. The molecule has 0 radical (unpaired) electrons. The van der Waals surface area contributed by atoms with E-state index in [1.54, 1.807) is 36.7 Å². The first-order valence-electron chi connectivity index (χ1n) is 11.0. The maximum atomic E-state index is 14.5. The summed E-state index contributed by atoms with van der Waals surface area (Å²) < 4.78 is 20.7. The summed E-state index contributed by atoms with van der Waals surface area (Å²) in [5.74, 6) is 6.63. The first-order valence-corrected chi connectivity index (χ1v) is 11.0. The molecule has 3 heterocycles. The molecular formula is C26H26FN7O. The minimum atomic E-state index is -0.405. The Balaban J connectivity index is 1.58. The second kappa shape index (κ2) is 10.6. The van der Waals surface area contributed by atoms with Crippen LogP contribution in [0.1, 0.15) is 23.2 Å². The summed E-state index contributed by atoms with van der Waals surface area (Å²) in [5.41, 5.74) is 10.1. The molecular weight excluding hydrogens is 445 g/mol. The molecule has 4 rings (SSSR count). The molecule has 35 heavy (non-hydrogen) atoms. The van der Waals surface area contributed by atoms with Crippen molar-refractivity contribution in [3.05, 3.63) is 89.6 Å². The summed E-state index contributed by atoms with van der Waals surface area (Å²) in [5, 5.41) is 6.49. The topological polar surface area (TPSA) is 124 Å². The number of hydrazone groups is 1. The van der Waals surface area contributed by atoms with Crippen molar-refractivity contribution in [3.8, 4) is 22.9 Å². The molecule has 1 aromatic carbocycles. The van der Waals surface area contributed by atoms with Crippen LogP contribution in [0.15, 0.2) is 72.1 Å². The van der Waals surface area contributed by atoms with Crippen LogP contribution >= 0.6 is 0 Å². The number of aryl methyl sites for hydroxylation is 3. The summed E-state index contributed by atoms with van der Waals surface area (Å²) in [4.78, 5) is 13.4. The Morgan fingerprint density at radius 2 is 1.91 bits per heavy atom. The molecule has 0 atom stereocenters. The third-order valence-electron chi connectivity index (χ3n) is 5.43. The number of halogens is 1. The van der Waals surface area contributed by atoms with E-state index in [-0.39, 0.29) is 5.69 Å². The van der Waals surface area contributed by atoms with Crippen LogP contribution in [0.3, 0.4) is 0 Å². The van der Waals surface area contributed by atoms with Crippen molar-refractivity contribution in [2.24, 2.45) is 16.7 Å². The Bertz CT molecular complexity index is 1360. The lowest BCUT2D eigenvalue weighted by Crippen LogP contribution is -2.14. The van der Waals surface area contributed by atoms with Crippen LogP contribution in [0.5, 0.6) is 11.5 Å². The summed E-state index contributed by atoms with van der Waals surface area (Å²) in [6.45, 7) is 3.92. The van der Waals surface area contributed by atoms with Gasteiger partial charge in [0.15, 0.2) is 5.75 Å². The largest absolute Gasteiger partial charge is 0.455 e. The molecule has 0 bridgehead atoms. The van der Waals surface area contributed by atoms with E-state index in [0.29, 0.717) is 47.4 Å². The monoisotopic (exact) mass is 471 g/mol. The average molecular weight is 472 g/mol. The molecule has 5 N–H and O–H groups in total. The highest BCUT2D eigenvalue weighted by molar-refractivity contribution is 5.80. The second-order valence-electron chi connectivity index (χ2n) is 7.99. The predicted molar refractivity (Wildman–Crippen MR) is 135 cm³/mol. The van der Waals surface area contributed by atoms with Gasteiger partial charge in [-0.15, -0.1) is 0 Å². The quantitative estimate of drug-likeness (QED) is 0.143. The number of anilines is 2. The Morgan fingerprint density at radius 1 is 1.06 bits per heavy atom. The van der Waals surface area contributed by atoms with Crippen molar-refractivity contribution >= 4 is 17.3 Å². The van der Waals surface area contributed by atoms with Crippen LogP contribution in [0.25, 0.3) is 11.4 Å². The number of pyridine rings is 3. The van der Waals surface area contributed by atoms with E-state index < -0.39 is 5.82 Å². The molecule has 0 aliphatic rings. The number of nitrogens with zero attached hydrogens (tertiary/aromatic N) is 4. The fourth-order valence-electron chi connectivity index (χ4n) is 3.41. The van der Waals surface area contributed by atoms with Crippen LogP contribution in [0.4, 0.5) is 15.9 Å². The third kappa shape index (κ3) is 5.89. The summed E-state index contributed by atoms with van der Waals surface area (Å²) >= 11 is 0. The number of nitrogens with one attached hydrogen (secondary N) is 1. The molecule has 0 aliphatic heterocycles. The van der Waals surface area contributed by atoms with E-state index in [2.05, 4.69) is 20.4 Å². The number of nitrogens with two attached hydrogens (primary N) is 2. The fourth-order valence-corrected chi connectivity index (χ4v) is 3.41. The van der Waals surface area contributed by atoms with Crippen molar-refractivity contribution in [2.45, 2.75) is 26.7 Å². The molecule has 0 aliphatic carbocycles. The number of benzene rings is 1. The SMILES string of the molecule is Cc1cc(Oc2ccnc(Nc3cc(CC/C(N)=N/N)ccc3F)c2)c(-c2ccccn2)nc1C. The van der Waals surface area contributed by atoms with Gasteiger partial charge in [-0.3, -0.25) is 4.98 Å². The van der Waals surface area contributed by atoms with Crippen molar-refractivity contribution < 1.29 is 9.13 Å². The summed E-state index contributed by atoms with van der Waals surface area (Å²) in [6, 6.07) is 15.8. The van der Waals surface area contributed by atoms with Crippen molar-refractivity contribution in [1.82, 2.24) is 15.0 Å². The zero-order valence-corrected chi connectivity index (χ0v) is 19.5. The highest BCUT2D eigenvalue weighted by Gasteiger charge is 2.14. The Kier molecular flexibility index (Phi) is 7.15. The van der Waals surface area contributed by atoms with Gasteiger partial charge in [0.2, 0.25) is 0 Å². The van der Waals surface area contributed by atoms with Crippen LogP contribution in [-0.4, -0.2) is 20.8 Å². The van der Waals surface area contributed by atoms with Crippen molar-refractivity contribution in [1.29, 1.82) is 0 Å². The first kappa shape index (κ1) is 23.6. The van der Waals surface area contributed by atoms with Gasteiger partial charge in [0.1, 0.15) is 28.9 Å². The number of ether oxygens (including phenoxy) is 1. The van der Waals surface area contributed by atoms with E-state index in [4.69, 9.17) is 21.3 Å². The molecule has 4 aromatic rings. The molecule has 0 amide bonds. The lowest BCUT2D eigenvalue weighted by molar-refractivity contribution is 0.481. The highest BCUT2D eigenvalue weighted by Crippen LogP contribution is 2.33. The first-order chi connectivity index (χ1) is 16.9. The molecule has 0 unspecified atom stereocenters. The van der Waals surface area contributed by atoms with Crippen LogP contribution in [0, 0.1) is 19.7 Å². The Morgan fingerprint density at radius 3 is 2.69 bits per heavy atom. The molecule has 178 valence electrons. The molecule has 3 aromatic heterocycles. The van der Waals surface area contributed by atoms with Gasteiger partial charge in [-0.05, 0) is 67.8 Å². The smallest absolute Gasteiger partial charge is 0.155 e. The van der Waals surface area contributed by atoms with Gasteiger partial charge >= 0.3 is 0 Å². The van der Waals surface area contributed by atoms with E-state index in [9.17, 15) is 4.39 Å². The van der Waals surface area contributed by atoms with Crippen LogP contribution in [0.2, 0.25) is 0 Å². The van der Waals surface area contributed by atoms with Crippen molar-refractivity contribution in [3.63, 3.8) is 0 Å². The van der Waals surface area contributed by atoms with Gasteiger partial charge in [0.25, 0.3) is 0 Å². The van der Waals surface area contributed by atoms with Crippen LogP contribution < -0.4 is 21.6 Å². The lowest BCUT2D eigenvalue weighted by atomic mass is 10.1. The maximum Gasteiger partial charge on any atom is 0.155 e. The van der Waals surface area contributed by atoms with Gasteiger partial charge in [-0.25, -0.2) is 14.4 Å². The minimum Gasteiger partial charge on any atom is -0.455 e. The summed E-state index contributed by atoms with van der Waals surface area (Å²) in [7, 11) is 0. The van der Waals surface area contributed by atoms with Gasteiger partial charge < -0.3 is 21.6 Å². The lowest BCUT2D eigenvalue weighted by Gasteiger charge is -2.14. The molecule has 8 nitrogen and oxygen atoms in total. The third-order valence-corrected chi connectivity index (χ3v) is 5.43. The van der Waals surface area contributed by atoms with Crippen molar-refractivity contribution in [2.75, 3.05) is 5.32 Å². The Labute approximate surface area is 202 Å². The minimum absolute atomic E-state index is 0.289. The standard InChI is InChI=1S/C26H26FN7O/c1-16-13-23(26(32-17(16)2)21-5-3-4-11-30-21)35-19-10-12-31-25(15-19)33-22-14-18(6-8-20(22)27)7-9-24(28)34-29/h3-6,8,10-15H,7,9,29H2,1-2H3,(H2,28,34)(H,31,33). The molecule has 0 saturated heterocycles. The maximum absolute atomic E-state index is 14.5.